The van der Waals surface area contributed by atoms with Crippen molar-refractivity contribution in [2.75, 3.05) is 11.9 Å². The van der Waals surface area contributed by atoms with Gasteiger partial charge >= 0.3 is 0 Å². The lowest BCUT2D eigenvalue weighted by Gasteiger charge is -2.24. The minimum Gasteiger partial charge on any atom is -0.370 e. The quantitative estimate of drug-likeness (QED) is 0.829. The van der Waals surface area contributed by atoms with Gasteiger partial charge in [0.1, 0.15) is 11.9 Å². The minimum atomic E-state index is -2.40. The van der Waals surface area contributed by atoms with Crippen molar-refractivity contribution < 1.29 is 8.78 Å². The van der Waals surface area contributed by atoms with E-state index in [4.69, 9.17) is 0 Å². The normalized spacial score (nSPS) is 19.4. The first-order valence-electron chi connectivity index (χ1n) is 5.54. The predicted octanol–water partition coefficient (Wildman–Crippen LogP) is 2.36. The van der Waals surface area contributed by atoms with Gasteiger partial charge in [0.25, 0.3) is 6.43 Å². The molecule has 2 aromatic heterocycles. The molecule has 2 aromatic rings. The van der Waals surface area contributed by atoms with E-state index in [9.17, 15) is 8.78 Å². The Morgan fingerprint density at radius 3 is 3.06 bits per heavy atom. The smallest absolute Gasteiger partial charge is 0.260 e. The maximum Gasteiger partial charge on any atom is 0.260 e. The van der Waals surface area contributed by atoms with E-state index in [-0.39, 0.29) is 0 Å². The fourth-order valence-electron chi connectivity index (χ4n) is 2.19. The molecule has 0 bridgehead atoms. The van der Waals surface area contributed by atoms with Gasteiger partial charge in [0.15, 0.2) is 5.65 Å². The number of anilines is 1. The molecule has 0 aliphatic carbocycles. The molecule has 0 spiro atoms. The molecule has 1 aliphatic heterocycles. The molecule has 0 radical (unpaired) electrons. The standard InChI is InChI=1S/C11H12F2N4/c1-6-2-3-7-10(15-6)16-17-8(9(12)13)4-5-14-11(7)17/h2-3,8-9,14H,4-5H2,1H3. The second-order valence-corrected chi connectivity index (χ2v) is 4.23. The molecule has 1 unspecified atom stereocenters. The molecule has 90 valence electrons. The van der Waals surface area contributed by atoms with Crippen molar-refractivity contribution in [2.24, 2.45) is 0 Å². The molecule has 0 saturated carbocycles. The van der Waals surface area contributed by atoms with Crippen LogP contribution in [-0.4, -0.2) is 27.7 Å². The number of hydrogen-bond donors (Lipinski definition) is 1. The van der Waals surface area contributed by atoms with Crippen LogP contribution >= 0.6 is 0 Å². The summed E-state index contributed by atoms with van der Waals surface area (Å²) in [5, 5.41) is 8.10. The van der Waals surface area contributed by atoms with E-state index in [0.717, 1.165) is 11.1 Å². The van der Waals surface area contributed by atoms with Gasteiger partial charge in [-0.05, 0) is 25.5 Å². The van der Waals surface area contributed by atoms with Gasteiger partial charge in [-0.2, -0.15) is 0 Å². The molecule has 1 N–H and O–H groups in total. The molecule has 3 rings (SSSR count). The molecule has 17 heavy (non-hydrogen) atoms. The Bertz CT molecular complexity index is 564. The van der Waals surface area contributed by atoms with Gasteiger partial charge in [0, 0.05) is 12.2 Å². The number of fused-ring (bicyclic) bond motifs is 3. The Kier molecular flexibility index (Phi) is 2.24. The van der Waals surface area contributed by atoms with Crippen LogP contribution in [0.25, 0.3) is 11.0 Å². The molecule has 4 nitrogen and oxygen atoms in total. The third-order valence-electron chi connectivity index (χ3n) is 3.04. The summed E-state index contributed by atoms with van der Waals surface area (Å²) in [5.74, 6) is 0.657. The average Bonchev–Trinajstić information content (AvgIpc) is 2.65. The van der Waals surface area contributed by atoms with Crippen molar-refractivity contribution in [3.05, 3.63) is 17.8 Å². The van der Waals surface area contributed by atoms with Gasteiger partial charge in [0.2, 0.25) is 0 Å². The summed E-state index contributed by atoms with van der Waals surface area (Å²) in [7, 11) is 0. The summed E-state index contributed by atoms with van der Waals surface area (Å²) < 4.78 is 27.2. The van der Waals surface area contributed by atoms with E-state index in [0.29, 0.717) is 24.4 Å². The Hall–Kier alpha value is -1.72. The zero-order chi connectivity index (χ0) is 12.0. The fraction of sp³-hybridized carbons (Fsp3) is 0.455. The summed E-state index contributed by atoms with van der Waals surface area (Å²) >= 11 is 0. The zero-order valence-corrected chi connectivity index (χ0v) is 9.32. The Balaban J connectivity index is 2.21. The fourth-order valence-corrected chi connectivity index (χ4v) is 2.19. The third kappa shape index (κ3) is 1.55. The molecular formula is C11H12F2N4. The van der Waals surface area contributed by atoms with E-state index in [1.807, 2.05) is 19.1 Å². The Morgan fingerprint density at radius 2 is 2.29 bits per heavy atom. The first kappa shape index (κ1) is 10.4. The third-order valence-corrected chi connectivity index (χ3v) is 3.04. The molecule has 0 saturated heterocycles. The highest BCUT2D eigenvalue weighted by atomic mass is 19.3. The summed E-state index contributed by atoms with van der Waals surface area (Å²) in [5.41, 5.74) is 1.36. The van der Waals surface area contributed by atoms with Crippen molar-refractivity contribution >= 4 is 16.9 Å². The van der Waals surface area contributed by atoms with Crippen molar-refractivity contribution in [1.82, 2.24) is 14.8 Å². The van der Waals surface area contributed by atoms with Crippen LogP contribution in [0.1, 0.15) is 18.2 Å². The topological polar surface area (TPSA) is 42.7 Å². The second kappa shape index (κ2) is 3.65. The Labute approximate surface area is 96.6 Å². The largest absolute Gasteiger partial charge is 0.370 e. The SMILES string of the molecule is Cc1ccc2c3n(nc2n1)C(C(F)F)CCN3. The van der Waals surface area contributed by atoms with Crippen molar-refractivity contribution in [2.45, 2.75) is 25.8 Å². The van der Waals surface area contributed by atoms with Crippen LogP contribution in [0.5, 0.6) is 0 Å². The highest BCUT2D eigenvalue weighted by Gasteiger charge is 2.30. The molecular weight excluding hydrogens is 226 g/mol. The summed E-state index contributed by atoms with van der Waals surface area (Å²) in [6.07, 6.45) is -2.01. The van der Waals surface area contributed by atoms with Crippen LogP contribution in [0.3, 0.4) is 0 Å². The van der Waals surface area contributed by atoms with Crippen molar-refractivity contribution in [1.29, 1.82) is 0 Å². The number of pyridine rings is 1. The van der Waals surface area contributed by atoms with Crippen LogP contribution in [-0.2, 0) is 0 Å². The number of aryl methyl sites for hydroxylation is 1. The number of aromatic nitrogens is 3. The molecule has 0 aromatic carbocycles. The van der Waals surface area contributed by atoms with Crippen molar-refractivity contribution in [3.8, 4) is 0 Å². The predicted molar refractivity (Wildman–Crippen MR) is 60.4 cm³/mol. The molecule has 0 amide bonds. The van der Waals surface area contributed by atoms with Gasteiger partial charge in [-0.25, -0.2) is 18.4 Å². The van der Waals surface area contributed by atoms with Gasteiger partial charge in [0.05, 0.1) is 5.39 Å². The first-order chi connectivity index (χ1) is 8.16. The molecule has 3 heterocycles. The van der Waals surface area contributed by atoms with Crippen LogP contribution in [0.2, 0.25) is 0 Å². The maximum absolute atomic E-state index is 12.9. The summed E-state index contributed by atoms with van der Waals surface area (Å²) in [4.78, 5) is 4.26. The number of nitrogens with one attached hydrogen (secondary N) is 1. The molecule has 6 heteroatoms. The van der Waals surface area contributed by atoms with Gasteiger partial charge < -0.3 is 5.32 Å². The van der Waals surface area contributed by atoms with Crippen molar-refractivity contribution in [3.63, 3.8) is 0 Å². The highest BCUT2D eigenvalue weighted by Crippen LogP contribution is 2.33. The van der Waals surface area contributed by atoms with E-state index >= 15 is 0 Å². The number of halogens is 2. The molecule has 1 atom stereocenters. The van der Waals surface area contributed by atoms with Crippen LogP contribution in [0, 0.1) is 6.92 Å². The number of rotatable bonds is 1. The van der Waals surface area contributed by atoms with E-state index in [1.165, 1.54) is 4.68 Å². The monoisotopic (exact) mass is 238 g/mol. The van der Waals surface area contributed by atoms with E-state index in [1.54, 1.807) is 0 Å². The van der Waals surface area contributed by atoms with E-state index < -0.39 is 12.5 Å². The minimum absolute atomic E-state index is 0.387. The van der Waals surface area contributed by atoms with Crippen LogP contribution < -0.4 is 5.32 Å². The summed E-state index contributed by atoms with van der Waals surface area (Å²) in [6.45, 7) is 2.40. The van der Waals surface area contributed by atoms with E-state index in [2.05, 4.69) is 15.4 Å². The number of hydrogen-bond acceptors (Lipinski definition) is 3. The second-order valence-electron chi connectivity index (χ2n) is 4.23. The Morgan fingerprint density at radius 1 is 1.47 bits per heavy atom. The van der Waals surface area contributed by atoms with Gasteiger partial charge in [-0.15, -0.1) is 5.10 Å². The zero-order valence-electron chi connectivity index (χ0n) is 9.32. The first-order valence-corrected chi connectivity index (χ1v) is 5.54. The highest BCUT2D eigenvalue weighted by molar-refractivity contribution is 5.87. The average molecular weight is 238 g/mol. The van der Waals surface area contributed by atoms with Crippen LogP contribution in [0.4, 0.5) is 14.6 Å². The lowest BCUT2D eigenvalue weighted by molar-refractivity contribution is 0.0719. The maximum atomic E-state index is 12.9. The summed E-state index contributed by atoms with van der Waals surface area (Å²) in [6, 6.07) is 2.89. The number of alkyl halides is 2. The lowest BCUT2D eigenvalue weighted by atomic mass is 10.1. The molecule has 0 fully saturated rings. The number of nitrogens with zero attached hydrogens (tertiary/aromatic N) is 3. The van der Waals surface area contributed by atoms with Gasteiger partial charge in [-0.1, -0.05) is 0 Å². The van der Waals surface area contributed by atoms with Gasteiger partial charge in [-0.3, -0.25) is 0 Å². The molecule has 1 aliphatic rings. The van der Waals surface area contributed by atoms with Crippen LogP contribution in [0.15, 0.2) is 12.1 Å². The lowest BCUT2D eigenvalue weighted by Crippen LogP contribution is -2.28.